The van der Waals surface area contributed by atoms with Gasteiger partial charge >= 0.3 is 0 Å². The number of benzene rings is 2. The van der Waals surface area contributed by atoms with E-state index in [2.05, 4.69) is 16.4 Å². The molecule has 0 saturated heterocycles. The fourth-order valence-corrected chi connectivity index (χ4v) is 4.49. The molecule has 7 nitrogen and oxygen atoms in total. The van der Waals surface area contributed by atoms with E-state index in [4.69, 9.17) is 9.47 Å². The highest BCUT2D eigenvalue weighted by Gasteiger charge is 2.14. The number of amides is 1. The Morgan fingerprint density at radius 2 is 1.82 bits per heavy atom. The summed E-state index contributed by atoms with van der Waals surface area (Å²) in [5.74, 6) is 1.41. The fraction of sp³-hybridized carbons (Fsp3) is 0.346. The first-order valence-electron chi connectivity index (χ1n) is 11.0. The highest BCUT2D eigenvalue weighted by molar-refractivity contribution is 7.99. The molecule has 0 bridgehead atoms. The number of ether oxygens (including phenoxy) is 2. The number of methoxy groups -OCH3 is 2. The van der Waals surface area contributed by atoms with Crippen LogP contribution in [-0.4, -0.2) is 42.0 Å². The van der Waals surface area contributed by atoms with Crippen molar-refractivity contribution in [2.45, 2.75) is 31.8 Å². The Balaban J connectivity index is 1.56. The molecule has 3 rings (SSSR count). The smallest absolute Gasteiger partial charge is 0.257 e. The van der Waals surface area contributed by atoms with Crippen LogP contribution in [0.25, 0.3) is 0 Å². The Hall–Kier alpha value is -3.26. The zero-order valence-corrected chi connectivity index (χ0v) is 21.1. The largest absolute Gasteiger partial charge is 0.493 e. The van der Waals surface area contributed by atoms with Gasteiger partial charge in [0, 0.05) is 31.3 Å². The van der Waals surface area contributed by atoms with Crippen molar-refractivity contribution in [3.8, 4) is 11.5 Å². The summed E-state index contributed by atoms with van der Waals surface area (Å²) >= 11 is 1.26. The summed E-state index contributed by atoms with van der Waals surface area (Å²) in [5.41, 5.74) is 4.57. The van der Waals surface area contributed by atoms with Crippen molar-refractivity contribution in [2.75, 3.05) is 26.5 Å². The lowest BCUT2D eigenvalue weighted by Crippen LogP contribution is -2.29. The Morgan fingerprint density at radius 1 is 1.06 bits per heavy atom. The zero-order chi connectivity index (χ0) is 24.7. The molecule has 0 unspecified atom stereocenters. The van der Waals surface area contributed by atoms with Crippen LogP contribution in [0.3, 0.4) is 0 Å². The minimum atomic E-state index is -0.110. The van der Waals surface area contributed by atoms with Gasteiger partial charge in [0.05, 0.1) is 20.0 Å². The van der Waals surface area contributed by atoms with Crippen LogP contribution in [0.15, 0.2) is 52.4 Å². The summed E-state index contributed by atoms with van der Waals surface area (Å²) in [5, 5.41) is 3.45. The molecule has 1 aromatic heterocycles. The van der Waals surface area contributed by atoms with Crippen molar-refractivity contribution in [1.29, 1.82) is 0 Å². The number of hydrogen-bond donors (Lipinski definition) is 1. The minimum absolute atomic E-state index is 0.0784. The maximum Gasteiger partial charge on any atom is 0.257 e. The molecule has 0 aliphatic carbocycles. The molecule has 0 aliphatic heterocycles. The van der Waals surface area contributed by atoms with E-state index in [0.717, 1.165) is 16.7 Å². The molecule has 3 aromatic rings. The lowest BCUT2D eigenvalue weighted by atomic mass is 10.0. The van der Waals surface area contributed by atoms with Crippen LogP contribution in [-0.2, 0) is 24.7 Å². The van der Waals surface area contributed by atoms with E-state index in [1.807, 2.05) is 50.2 Å². The molecule has 0 saturated carbocycles. The Bertz CT molecular complexity index is 1220. The molecule has 1 N–H and O–H groups in total. The summed E-state index contributed by atoms with van der Waals surface area (Å²) in [6, 6.07) is 13.8. The molecule has 0 spiro atoms. The van der Waals surface area contributed by atoms with Crippen molar-refractivity contribution in [2.24, 2.45) is 7.05 Å². The molecule has 0 aliphatic rings. The number of aryl methyl sites for hydroxylation is 2. The lowest BCUT2D eigenvalue weighted by molar-refractivity contribution is -0.118. The van der Waals surface area contributed by atoms with Crippen molar-refractivity contribution < 1.29 is 14.3 Å². The van der Waals surface area contributed by atoms with Crippen molar-refractivity contribution in [3.05, 3.63) is 80.8 Å². The molecule has 34 heavy (non-hydrogen) atoms. The molecular formula is C26H31N3O4S. The summed E-state index contributed by atoms with van der Waals surface area (Å²) in [6.45, 7) is 4.38. The summed E-state index contributed by atoms with van der Waals surface area (Å²) in [7, 11) is 4.89. The van der Waals surface area contributed by atoms with Gasteiger partial charge in [-0.15, -0.1) is 0 Å². The van der Waals surface area contributed by atoms with E-state index in [9.17, 15) is 9.59 Å². The molecule has 8 heteroatoms. The maximum absolute atomic E-state index is 13.0. The van der Waals surface area contributed by atoms with Crippen molar-refractivity contribution in [1.82, 2.24) is 14.9 Å². The van der Waals surface area contributed by atoms with Crippen LogP contribution in [0.2, 0.25) is 0 Å². The Labute approximate surface area is 204 Å². The number of nitrogens with zero attached hydrogens (tertiary/aromatic N) is 2. The molecular weight excluding hydrogens is 450 g/mol. The van der Waals surface area contributed by atoms with Gasteiger partial charge in [-0.2, -0.15) is 0 Å². The predicted molar refractivity (Wildman–Crippen MR) is 135 cm³/mol. The fourth-order valence-electron chi connectivity index (χ4n) is 3.65. The lowest BCUT2D eigenvalue weighted by Gasteiger charge is -2.13. The number of nitrogens with one attached hydrogen (secondary N) is 1. The first-order chi connectivity index (χ1) is 16.3. The van der Waals surface area contributed by atoms with E-state index in [0.29, 0.717) is 47.3 Å². The third-order valence-electron chi connectivity index (χ3n) is 5.53. The van der Waals surface area contributed by atoms with Gasteiger partial charge in [0.25, 0.3) is 5.56 Å². The van der Waals surface area contributed by atoms with Gasteiger partial charge in [-0.3, -0.25) is 14.2 Å². The standard InChI is InChI=1S/C26H31N3O4S/c1-17-7-6-8-20(13-17)14-21-18(2)28-26(29(3)25(21)31)34-16-24(30)27-12-11-19-9-10-22(32-4)23(15-19)33-5/h6-10,13,15H,11-12,14,16H2,1-5H3,(H,27,30). The molecule has 1 amide bonds. The van der Waals surface area contributed by atoms with E-state index < -0.39 is 0 Å². The van der Waals surface area contributed by atoms with Gasteiger partial charge in [-0.05, 0) is 43.5 Å². The Morgan fingerprint density at radius 3 is 2.53 bits per heavy atom. The molecule has 2 aromatic carbocycles. The number of aromatic nitrogens is 2. The van der Waals surface area contributed by atoms with Gasteiger partial charge in [0.1, 0.15) is 0 Å². The van der Waals surface area contributed by atoms with Crippen LogP contribution in [0.1, 0.15) is 27.9 Å². The second kappa shape index (κ2) is 11.7. The van der Waals surface area contributed by atoms with E-state index in [1.165, 1.54) is 16.3 Å². The van der Waals surface area contributed by atoms with Crippen molar-refractivity contribution >= 4 is 17.7 Å². The molecule has 180 valence electrons. The topological polar surface area (TPSA) is 82.5 Å². The third kappa shape index (κ3) is 6.41. The monoisotopic (exact) mass is 481 g/mol. The number of carbonyl (C=O) groups excluding carboxylic acids is 1. The summed E-state index contributed by atoms with van der Waals surface area (Å²) in [6.07, 6.45) is 1.20. The van der Waals surface area contributed by atoms with Gasteiger partial charge in [-0.25, -0.2) is 4.98 Å². The molecule has 1 heterocycles. The molecule has 0 radical (unpaired) electrons. The summed E-state index contributed by atoms with van der Waals surface area (Å²) in [4.78, 5) is 29.9. The van der Waals surface area contributed by atoms with Crippen LogP contribution < -0.4 is 20.3 Å². The van der Waals surface area contributed by atoms with Crippen LogP contribution in [0.5, 0.6) is 11.5 Å². The predicted octanol–water partition coefficient (Wildman–Crippen LogP) is 3.46. The zero-order valence-electron chi connectivity index (χ0n) is 20.3. The third-order valence-corrected chi connectivity index (χ3v) is 6.56. The maximum atomic E-state index is 13.0. The number of carbonyl (C=O) groups is 1. The average molecular weight is 482 g/mol. The highest BCUT2D eigenvalue weighted by Crippen LogP contribution is 2.27. The van der Waals surface area contributed by atoms with Gasteiger partial charge in [-0.1, -0.05) is 47.7 Å². The normalized spacial score (nSPS) is 10.7. The first kappa shape index (κ1) is 25.4. The SMILES string of the molecule is COc1ccc(CCNC(=O)CSc2nc(C)c(Cc3cccc(C)c3)c(=O)n2C)cc1OC. The van der Waals surface area contributed by atoms with Crippen molar-refractivity contribution in [3.63, 3.8) is 0 Å². The number of thioether (sulfide) groups is 1. The van der Waals surface area contributed by atoms with E-state index in [1.54, 1.807) is 21.3 Å². The molecule has 0 fully saturated rings. The van der Waals surface area contributed by atoms with Gasteiger partial charge in [0.15, 0.2) is 16.7 Å². The second-order valence-corrected chi connectivity index (χ2v) is 9.01. The minimum Gasteiger partial charge on any atom is -0.493 e. The van der Waals surface area contributed by atoms with E-state index in [-0.39, 0.29) is 17.2 Å². The average Bonchev–Trinajstić information content (AvgIpc) is 2.83. The highest BCUT2D eigenvalue weighted by atomic mass is 32.2. The van der Waals surface area contributed by atoms with Gasteiger partial charge < -0.3 is 14.8 Å². The second-order valence-electron chi connectivity index (χ2n) is 8.07. The quantitative estimate of drug-likeness (QED) is 0.353. The number of rotatable bonds is 10. The van der Waals surface area contributed by atoms with Gasteiger partial charge in [0.2, 0.25) is 5.91 Å². The van der Waals surface area contributed by atoms with Crippen LogP contribution in [0.4, 0.5) is 0 Å². The Kier molecular flexibility index (Phi) is 8.76. The number of hydrogen-bond acceptors (Lipinski definition) is 6. The van der Waals surface area contributed by atoms with E-state index >= 15 is 0 Å². The first-order valence-corrected chi connectivity index (χ1v) is 12.0. The van der Waals surface area contributed by atoms with Crippen LogP contribution in [0, 0.1) is 13.8 Å². The molecule has 0 atom stereocenters. The van der Waals surface area contributed by atoms with Crippen LogP contribution >= 0.6 is 11.8 Å². The summed E-state index contributed by atoms with van der Waals surface area (Å²) < 4.78 is 12.1.